The van der Waals surface area contributed by atoms with Crippen LogP contribution in [0.5, 0.6) is 11.5 Å². The number of hydrogen-bond acceptors (Lipinski definition) is 8. The van der Waals surface area contributed by atoms with Gasteiger partial charge in [-0.05, 0) is 40.5 Å². The van der Waals surface area contributed by atoms with E-state index in [0.717, 1.165) is 0 Å². The second kappa shape index (κ2) is 9.31. The number of anilines is 1. The maximum Gasteiger partial charge on any atom is 0.344 e. The van der Waals surface area contributed by atoms with Crippen molar-refractivity contribution in [3.63, 3.8) is 0 Å². The Balaban J connectivity index is 2.72. The highest BCUT2D eigenvalue weighted by Gasteiger charge is 2.28. The van der Waals surface area contributed by atoms with Crippen molar-refractivity contribution in [2.75, 3.05) is 26.1 Å². The number of rotatable bonds is 8. The molecule has 30 heavy (non-hydrogen) atoms. The molecule has 0 bridgehead atoms. The first-order chi connectivity index (χ1) is 14.1. The molecule has 0 unspecified atom stereocenters. The fourth-order valence-electron chi connectivity index (χ4n) is 2.67. The highest BCUT2D eigenvalue weighted by Crippen LogP contribution is 2.41. The third-order valence-corrected chi connectivity index (χ3v) is 4.42. The standard InChI is InChI=1S/C18H17BrN2O9/c1-3-29-10(22)6-30-14-8(19)4-7(5-9(14)28-2)11-12(17(24)25)15(20)21-16(23)13(11)18(26)27/h4-5H,3,6H2,1-2H3,(H,24,25)(H,26,27)(H3,20,21,23). The number of carboxylic acids is 2. The minimum atomic E-state index is -1.65. The summed E-state index contributed by atoms with van der Waals surface area (Å²) in [6, 6.07) is 2.58. The average Bonchev–Trinajstić information content (AvgIpc) is 2.65. The lowest BCUT2D eigenvalue weighted by atomic mass is 9.95. The number of methoxy groups -OCH3 is 1. The monoisotopic (exact) mass is 484 g/mol. The van der Waals surface area contributed by atoms with Gasteiger partial charge in [0.05, 0.1) is 18.2 Å². The van der Waals surface area contributed by atoms with Crippen molar-refractivity contribution < 1.29 is 38.8 Å². The molecule has 160 valence electrons. The number of ether oxygens (including phenoxy) is 3. The summed E-state index contributed by atoms with van der Waals surface area (Å²) >= 11 is 3.22. The average molecular weight is 485 g/mol. The molecule has 0 aliphatic carbocycles. The molecule has 0 radical (unpaired) electrons. The first kappa shape index (κ1) is 22.7. The Morgan fingerprint density at radius 1 is 1.17 bits per heavy atom. The number of nitrogens with one attached hydrogen (secondary N) is 1. The van der Waals surface area contributed by atoms with E-state index in [2.05, 4.69) is 15.9 Å². The molecular weight excluding hydrogens is 468 g/mol. The Morgan fingerprint density at radius 3 is 2.33 bits per heavy atom. The number of hydrogen-bond donors (Lipinski definition) is 4. The van der Waals surface area contributed by atoms with Crippen LogP contribution < -0.4 is 20.8 Å². The predicted octanol–water partition coefficient (Wildman–Crippen LogP) is 1.73. The van der Waals surface area contributed by atoms with E-state index in [4.69, 9.17) is 19.9 Å². The fourth-order valence-corrected chi connectivity index (χ4v) is 3.23. The summed E-state index contributed by atoms with van der Waals surface area (Å²) in [6.45, 7) is 1.37. The summed E-state index contributed by atoms with van der Waals surface area (Å²) in [4.78, 5) is 49.1. The zero-order valence-electron chi connectivity index (χ0n) is 15.8. The molecular formula is C18H17BrN2O9. The first-order valence-corrected chi connectivity index (χ1v) is 9.10. The quantitative estimate of drug-likeness (QED) is 0.403. The summed E-state index contributed by atoms with van der Waals surface area (Å²) in [7, 11) is 1.28. The minimum Gasteiger partial charge on any atom is -0.493 e. The molecule has 11 nitrogen and oxygen atoms in total. The Labute approximate surface area is 177 Å². The lowest BCUT2D eigenvalue weighted by Crippen LogP contribution is -2.24. The molecule has 0 fully saturated rings. The fraction of sp³-hybridized carbons (Fsp3) is 0.222. The zero-order chi connectivity index (χ0) is 22.6. The summed E-state index contributed by atoms with van der Waals surface area (Å²) in [5.74, 6) is -4.20. The second-order valence-electron chi connectivity index (χ2n) is 5.69. The SMILES string of the molecule is CCOC(=O)COc1c(Br)cc(-c2c(C(=O)O)c(N)[nH]c(=O)c2C(=O)O)cc1OC. The number of halogens is 1. The van der Waals surface area contributed by atoms with Crippen LogP contribution >= 0.6 is 15.9 Å². The van der Waals surface area contributed by atoms with Crippen LogP contribution in [0, 0.1) is 0 Å². The van der Waals surface area contributed by atoms with E-state index in [0.29, 0.717) is 0 Å². The zero-order valence-corrected chi connectivity index (χ0v) is 17.4. The molecule has 2 rings (SSSR count). The van der Waals surface area contributed by atoms with E-state index < -0.39 is 52.6 Å². The van der Waals surface area contributed by atoms with Gasteiger partial charge in [0.2, 0.25) is 0 Å². The van der Waals surface area contributed by atoms with Crippen LogP contribution in [-0.2, 0) is 9.53 Å². The number of benzene rings is 1. The van der Waals surface area contributed by atoms with Gasteiger partial charge < -0.3 is 35.1 Å². The van der Waals surface area contributed by atoms with Gasteiger partial charge >= 0.3 is 17.9 Å². The molecule has 1 aromatic heterocycles. The van der Waals surface area contributed by atoms with Crippen LogP contribution in [0.2, 0.25) is 0 Å². The minimum absolute atomic E-state index is 0.00908. The Morgan fingerprint density at radius 2 is 1.80 bits per heavy atom. The highest BCUT2D eigenvalue weighted by atomic mass is 79.9. The van der Waals surface area contributed by atoms with E-state index in [-0.39, 0.29) is 28.1 Å². The van der Waals surface area contributed by atoms with Crippen LogP contribution in [0.1, 0.15) is 27.6 Å². The van der Waals surface area contributed by atoms with Crippen LogP contribution in [0.4, 0.5) is 5.82 Å². The van der Waals surface area contributed by atoms with Crippen LogP contribution in [0.15, 0.2) is 21.4 Å². The molecule has 0 atom stereocenters. The number of aromatic nitrogens is 1. The molecule has 0 amide bonds. The van der Waals surface area contributed by atoms with Crippen LogP contribution in [0.25, 0.3) is 11.1 Å². The third kappa shape index (κ3) is 4.54. The van der Waals surface area contributed by atoms with E-state index >= 15 is 0 Å². The number of nitrogen functional groups attached to an aromatic ring is 1. The van der Waals surface area contributed by atoms with Gasteiger partial charge in [0.1, 0.15) is 16.9 Å². The lowest BCUT2D eigenvalue weighted by molar-refractivity contribution is -0.145. The first-order valence-electron chi connectivity index (χ1n) is 8.30. The topological polar surface area (TPSA) is 178 Å². The van der Waals surface area contributed by atoms with Crippen molar-refractivity contribution in [3.05, 3.63) is 38.1 Å². The van der Waals surface area contributed by atoms with Gasteiger partial charge in [-0.15, -0.1) is 0 Å². The van der Waals surface area contributed by atoms with Gasteiger partial charge in [-0.25, -0.2) is 14.4 Å². The Kier molecular flexibility index (Phi) is 7.06. The van der Waals surface area contributed by atoms with Gasteiger partial charge in [-0.1, -0.05) is 0 Å². The summed E-state index contributed by atoms with van der Waals surface area (Å²) < 4.78 is 15.6. The van der Waals surface area contributed by atoms with Crippen molar-refractivity contribution in [3.8, 4) is 22.6 Å². The van der Waals surface area contributed by atoms with Gasteiger partial charge in [-0.2, -0.15) is 0 Å². The molecule has 0 saturated carbocycles. The number of carbonyl (C=O) groups is 3. The lowest BCUT2D eigenvalue weighted by Gasteiger charge is -2.16. The number of carbonyl (C=O) groups excluding carboxylic acids is 1. The number of aromatic amines is 1. The molecule has 0 saturated heterocycles. The van der Waals surface area contributed by atoms with Crippen molar-refractivity contribution in [1.29, 1.82) is 0 Å². The van der Waals surface area contributed by atoms with Crippen molar-refractivity contribution in [2.45, 2.75) is 6.92 Å². The third-order valence-electron chi connectivity index (χ3n) is 3.83. The van der Waals surface area contributed by atoms with Gasteiger partial charge in [0, 0.05) is 5.56 Å². The van der Waals surface area contributed by atoms with Crippen molar-refractivity contribution >= 4 is 39.7 Å². The Bertz CT molecular complexity index is 1080. The van der Waals surface area contributed by atoms with Gasteiger partial charge in [0.15, 0.2) is 18.1 Å². The van der Waals surface area contributed by atoms with Gasteiger partial charge in [-0.3, -0.25) is 4.79 Å². The van der Waals surface area contributed by atoms with Gasteiger partial charge in [0.25, 0.3) is 5.56 Å². The normalized spacial score (nSPS) is 10.4. The van der Waals surface area contributed by atoms with E-state index in [1.165, 1.54) is 19.2 Å². The van der Waals surface area contributed by atoms with E-state index in [9.17, 15) is 29.4 Å². The number of H-pyrrole nitrogens is 1. The molecule has 1 heterocycles. The smallest absolute Gasteiger partial charge is 0.344 e. The number of carboxylic acid groups (broad SMARTS) is 2. The second-order valence-corrected chi connectivity index (χ2v) is 6.54. The molecule has 2 aromatic rings. The maximum atomic E-state index is 12.2. The number of aromatic carboxylic acids is 2. The Hall–Kier alpha value is -3.54. The maximum absolute atomic E-state index is 12.2. The highest BCUT2D eigenvalue weighted by molar-refractivity contribution is 9.10. The summed E-state index contributed by atoms with van der Waals surface area (Å²) in [5.41, 5.74) is 2.75. The molecule has 0 aliphatic rings. The molecule has 0 aliphatic heterocycles. The number of esters is 1. The number of nitrogens with two attached hydrogens (primary N) is 1. The summed E-state index contributed by atoms with van der Waals surface area (Å²) in [6.07, 6.45) is 0. The number of pyridine rings is 1. The van der Waals surface area contributed by atoms with Crippen LogP contribution in [0.3, 0.4) is 0 Å². The van der Waals surface area contributed by atoms with E-state index in [1.54, 1.807) is 6.92 Å². The predicted molar refractivity (Wildman–Crippen MR) is 107 cm³/mol. The molecule has 12 heteroatoms. The van der Waals surface area contributed by atoms with Crippen molar-refractivity contribution in [2.24, 2.45) is 0 Å². The molecule has 5 N–H and O–H groups in total. The van der Waals surface area contributed by atoms with E-state index in [1.807, 2.05) is 4.98 Å². The molecule has 1 aromatic carbocycles. The molecule has 0 spiro atoms. The van der Waals surface area contributed by atoms with Crippen LogP contribution in [-0.4, -0.2) is 53.4 Å². The van der Waals surface area contributed by atoms with Crippen molar-refractivity contribution in [1.82, 2.24) is 4.98 Å². The largest absolute Gasteiger partial charge is 0.493 e. The summed E-state index contributed by atoms with van der Waals surface area (Å²) in [5, 5.41) is 19.0.